The number of benzene rings is 2. The third kappa shape index (κ3) is 3.77. The van der Waals surface area contributed by atoms with Gasteiger partial charge in [-0.1, -0.05) is 24.3 Å². The molecule has 0 spiro atoms. The van der Waals surface area contributed by atoms with E-state index >= 15 is 0 Å². The first kappa shape index (κ1) is 15.4. The molecular weight excluding hydrogens is 276 g/mol. The fraction of sp³-hybridized carbons (Fsp3) is 0.222. The van der Waals surface area contributed by atoms with E-state index in [4.69, 9.17) is 14.7 Å². The number of methoxy groups -OCH3 is 1. The Hall–Kier alpha value is -2.98. The van der Waals surface area contributed by atoms with Gasteiger partial charge in [-0.2, -0.15) is 10.5 Å². The van der Waals surface area contributed by atoms with Crippen LogP contribution in [0.4, 0.5) is 0 Å². The number of hydrogen-bond acceptors (Lipinski definition) is 4. The average Bonchev–Trinajstić information content (AvgIpc) is 2.59. The summed E-state index contributed by atoms with van der Waals surface area (Å²) in [6, 6.07) is 18.9. The van der Waals surface area contributed by atoms with E-state index in [9.17, 15) is 5.26 Å². The van der Waals surface area contributed by atoms with E-state index in [2.05, 4.69) is 12.1 Å². The third-order valence-corrected chi connectivity index (χ3v) is 3.31. The van der Waals surface area contributed by atoms with Crippen LogP contribution in [0.3, 0.4) is 0 Å². The summed E-state index contributed by atoms with van der Waals surface area (Å²) >= 11 is 0. The van der Waals surface area contributed by atoms with Crippen LogP contribution < -0.4 is 9.47 Å². The predicted octanol–water partition coefficient (Wildman–Crippen LogP) is 3.64. The lowest BCUT2D eigenvalue weighted by Gasteiger charge is -2.13. The van der Waals surface area contributed by atoms with E-state index in [0.717, 1.165) is 5.56 Å². The molecule has 0 heterocycles. The van der Waals surface area contributed by atoms with Crippen molar-refractivity contribution in [3.05, 3.63) is 59.7 Å². The second-order valence-electron chi connectivity index (χ2n) is 4.71. The highest BCUT2D eigenvalue weighted by Crippen LogP contribution is 2.27. The summed E-state index contributed by atoms with van der Waals surface area (Å²) in [6.07, 6.45) is 0.545. The van der Waals surface area contributed by atoms with Crippen molar-refractivity contribution >= 4 is 0 Å². The van der Waals surface area contributed by atoms with E-state index in [1.54, 1.807) is 25.3 Å². The van der Waals surface area contributed by atoms with Crippen molar-refractivity contribution in [3.63, 3.8) is 0 Å². The van der Waals surface area contributed by atoms with Crippen LogP contribution in [0.1, 0.15) is 23.5 Å². The van der Waals surface area contributed by atoms with Gasteiger partial charge in [0.25, 0.3) is 0 Å². The summed E-state index contributed by atoms with van der Waals surface area (Å²) in [5, 5.41) is 18.3. The van der Waals surface area contributed by atoms with Gasteiger partial charge < -0.3 is 9.47 Å². The van der Waals surface area contributed by atoms with Crippen molar-refractivity contribution in [3.8, 4) is 23.6 Å². The van der Waals surface area contributed by atoms with Crippen LogP contribution in [0.15, 0.2) is 48.5 Å². The smallest absolute Gasteiger partial charge is 0.161 e. The molecule has 0 fully saturated rings. The summed E-state index contributed by atoms with van der Waals surface area (Å²) in [7, 11) is 1.59. The zero-order valence-electron chi connectivity index (χ0n) is 12.3. The van der Waals surface area contributed by atoms with Gasteiger partial charge in [-0.25, -0.2) is 0 Å². The fourth-order valence-electron chi connectivity index (χ4n) is 2.16. The number of rotatable bonds is 6. The molecule has 0 radical (unpaired) electrons. The zero-order valence-corrected chi connectivity index (χ0v) is 12.3. The molecule has 0 aromatic heterocycles. The van der Waals surface area contributed by atoms with Crippen molar-refractivity contribution in [2.75, 3.05) is 13.7 Å². The lowest BCUT2D eigenvalue weighted by atomic mass is 9.96. The molecule has 4 nitrogen and oxygen atoms in total. The maximum Gasteiger partial charge on any atom is 0.161 e. The molecule has 0 amide bonds. The second-order valence-corrected chi connectivity index (χ2v) is 4.71. The lowest BCUT2D eigenvalue weighted by Crippen LogP contribution is -2.05. The highest BCUT2D eigenvalue weighted by Gasteiger charge is 2.12. The van der Waals surface area contributed by atoms with E-state index in [1.807, 2.05) is 30.3 Å². The molecule has 1 unspecified atom stereocenters. The van der Waals surface area contributed by atoms with E-state index < -0.39 is 0 Å². The van der Waals surface area contributed by atoms with E-state index in [-0.39, 0.29) is 5.92 Å². The van der Waals surface area contributed by atoms with Crippen LogP contribution in [-0.4, -0.2) is 13.7 Å². The summed E-state index contributed by atoms with van der Waals surface area (Å²) in [4.78, 5) is 0. The Kier molecular flexibility index (Phi) is 5.40. The molecule has 1 atom stereocenters. The SMILES string of the molecule is COc1ccccc1OCCC(C#N)c1cccc(C#N)c1. The molecule has 2 rings (SSSR count). The highest BCUT2D eigenvalue weighted by molar-refractivity contribution is 5.39. The van der Waals surface area contributed by atoms with E-state index in [1.165, 1.54) is 0 Å². The zero-order chi connectivity index (χ0) is 15.8. The van der Waals surface area contributed by atoms with Crippen LogP contribution in [0.2, 0.25) is 0 Å². The number of ether oxygens (including phenoxy) is 2. The molecule has 0 aliphatic heterocycles. The number of nitriles is 2. The third-order valence-electron chi connectivity index (χ3n) is 3.31. The first-order valence-electron chi connectivity index (χ1n) is 6.94. The minimum atomic E-state index is -0.303. The molecule has 0 aliphatic rings. The van der Waals surface area contributed by atoms with Gasteiger partial charge in [0.05, 0.1) is 37.3 Å². The maximum atomic E-state index is 9.33. The highest BCUT2D eigenvalue weighted by atomic mass is 16.5. The topological polar surface area (TPSA) is 66.0 Å². The van der Waals surface area contributed by atoms with Gasteiger partial charge in [-0.3, -0.25) is 0 Å². The second kappa shape index (κ2) is 7.71. The molecule has 2 aromatic carbocycles. The minimum Gasteiger partial charge on any atom is -0.493 e. The van der Waals surface area contributed by atoms with Gasteiger partial charge in [0.15, 0.2) is 11.5 Å². The maximum absolute atomic E-state index is 9.33. The molecule has 0 N–H and O–H groups in total. The van der Waals surface area contributed by atoms with Crippen LogP contribution in [0.5, 0.6) is 11.5 Å². The Morgan fingerprint density at radius 2 is 1.82 bits per heavy atom. The fourth-order valence-corrected chi connectivity index (χ4v) is 2.16. The number of nitrogens with zero attached hydrogens (tertiary/aromatic N) is 2. The molecule has 0 saturated heterocycles. The van der Waals surface area contributed by atoms with E-state index in [0.29, 0.717) is 30.1 Å². The van der Waals surface area contributed by atoms with Crippen LogP contribution in [0.25, 0.3) is 0 Å². The molecule has 2 aromatic rings. The van der Waals surface area contributed by atoms with Crippen molar-refractivity contribution in [2.24, 2.45) is 0 Å². The first-order valence-corrected chi connectivity index (χ1v) is 6.94. The van der Waals surface area contributed by atoms with Gasteiger partial charge in [0, 0.05) is 6.42 Å². The van der Waals surface area contributed by atoms with Gasteiger partial charge >= 0.3 is 0 Å². The minimum absolute atomic E-state index is 0.303. The number of hydrogen-bond donors (Lipinski definition) is 0. The van der Waals surface area contributed by atoms with Crippen molar-refractivity contribution in [1.29, 1.82) is 10.5 Å². The standard InChI is InChI=1S/C18H16N2O2/c1-21-17-7-2-3-8-18(17)22-10-9-16(13-20)15-6-4-5-14(11-15)12-19/h2-8,11,16H,9-10H2,1H3. The quantitative estimate of drug-likeness (QED) is 0.815. The Labute approximate surface area is 130 Å². The molecule has 0 bridgehead atoms. The first-order chi connectivity index (χ1) is 10.8. The lowest BCUT2D eigenvalue weighted by molar-refractivity contribution is 0.285. The van der Waals surface area contributed by atoms with Gasteiger partial charge in [-0.05, 0) is 29.8 Å². The predicted molar refractivity (Wildman–Crippen MR) is 82.6 cm³/mol. The van der Waals surface area contributed by atoms with Gasteiger partial charge in [0.2, 0.25) is 0 Å². The average molecular weight is 292 g/mol. The molecule has 0 saturated carbocycles. The number of para-hydroxylation sites is 2. The van der Waals surface area contributed by atoms with Crippen molar-refractivity contribution in [1.82, 2.24) is 0 Å². The van der Waals surface area contributed by atoms with Crippen molar-refractivity contribution in [2.45, 2.75) is 12.3 Å². The van der Waals surface area contributed by atoms with Crippen LogP contribution in [-0.2, 0) is 0 Å². The normalized spacial score (nSPS) is 11.0. The van der Waals surface area contributed by atoms with Gasteiger partial charge in [-0.15, -0.1) is 0 Å². The van der Waals surface area contributed by atoms with Crippen LogP contribution in [0, 0.1) is 22.7 Å². The Morgan fingerprint density at radius 1 is 1.05 bits per heavy atom. The largest absolute Gasteiger partial charge is 0.493 e. The summed E-state index contributed by atoms with van der Waals surface area (Å²) < 4.78 is 10.9. The molecule has 22 heavy (non-hydrogen) atoms. The molecule has 110 valence electrons. The Morgan fingerprint density at radius 3 is 2.50 bits per heavy atom. The molecule has 0 aliphatic carbocycles. The summed E-state index contributed by atoms with van der Waals surface area (Å²) in [6.45, 7) is 0.398. The van der Waals surface area contributed by atoms with Crippen LogP contribution >= 0.6 is 0 Å². The Bertz CT molecular complexity index is 714. The monoisotopic (exact) mass is 292 g/mol. The van der Waals surface area contributed by atoms with Crippen molar-refractivity contribution < 1.29 is 9.47 Å². The van der Waals surface area contributed by atoms with Gasteiger partial charge in [0.1, 0.15) is 0 Å². The summed E-state index contributed by atoms with van der Waals surface area (Å²) in [5.74, 6) is 1.03. The Balaban J connectivity index is 2.00. The molecular formula is C18H16N2O2. The molecule has 4 heteroatoms. The summed E-state index contributed by atoms with van der Waals surface area (Å²) in [5.41, 5.74) is 1.40.